The number of aromatic nitrogens is 3. The zero-order chi connectivity index (χ0) is 13.8. The maximum atomic E-state index is 11.8. The van der Waals surface area contributed by atoms with Gasteiger partial charge in [0, 0.05) is 11.8 Å². The summed E-state index contributed by atoms with van der Waals surface area (Å²) in [6, 6.07) is 3.17. The van der Waals surface area contributed by atoms with E-state index < -0.39 is 6.04 Å². The van der Waals surface area contributed by atoms with Crippen LogP contribution in [-0.4, -0.2) is 27.1 Å². The van der Waals surface area contributed by atoms with Crippen LogP contribution in [0.25, 0.3) is 11.3 Å². The van der Waals surface area contributed by atoms with Crippen LogP contribution in [0.4, 0.5) is 5.82 Å². The SMILES string of the molecule is CCOC(=O)C(C)n1cncc1-c1cccnc1N. The minimum Gasteiger partial charge on any atom is -0.464 e. The van der Waals surface area contributed by atoms with Gasteiger partial charge in [0.25, 0.3) is 0 Å². The smallest absolute Gasteiger partial charge is 0.328 e. The van der Waals surface area contributed by atoms with Gasteiger partial charge in [-0.25, -0.2) is 14.8 Å². The number of hydrogen-bond acceptors (Lipinski definition) is 5. The van der Waals surface area contributed by atoms with Crippen molar-refractivity contribution in [3.05, 3.63) is 30.9 Å². The lowest BCUT2D eigenvalue weighted by molar-refractivity contribution is -0.146. The number of anilines is 1. The highest BCUT2D eigenvalue weighted by atomic mass is 16.5. The Hall–Kier alpha value is -2.37. The average Bonchev–Trinajstić information content (AvgIpc) is 2.87. The van der Waals surface area contributed by atoms with Crippen LogP contribution >= 0.6 is 0 Å². The van der Waals surface area contributed by atoms with Crippen molar-refractivity contribution >= 4 is 11.8 Å². The van der Waals surface area contributed by atoms with Gasteiger partial charge in [-0.2, -0.15) is 0 Å². The molecule has 2 aromatic heterocycles. The Morgan fingerprint density at radius 1 is 1.58 bits per heavy atom. The second-order valence-electron chi connectivity index (χ2n) is 4.05. The number of nitrogens with zero attached hydrogens (tertiary/aromatic N) is 3. The first kappa shape index (κ1) is 13.1. The molecule has 2 aromatic rings. The molecule has 6 heteroatoms. The van der Waals surface area contributed by atoms with E-state index in [9.17, 15) is 4.79 Å². The van der Waals surface area contributed by atoms with E-state index in [2.05, 4.69) is 9.97 Å². The third-order valence-electron chi connectivity index (χ3n) is 2.83. The molecule has 0 aliphatic heterocycles. The van der Waals surface area contributed by atoms with E-state index in [-0.39, 0.29) is 5.97 Å². The topological polar surface area (TPSA) is 83.0 Å². The summed E-state index contributed by atoms with van der Waals surface area (Å²) in [6.07, 6.45) is 4.86. The molecule has 0 radical (unpaired) electrons. The number of pyridine rings is 1. The number of ether oxygens (including phenoxy) is 1. The summed E-state index contributed by atoms with van der Waals surface area (Å²) >= 11 is 0. The summed E-state index contributed by atoms with van der Waals surface area (Å²) in [5.74, 6) is 0.101. The Balaban J connectivity index is 2.38. The number of esters is 1. The van der Waals surface area contributed by atoms with Crippen LogP contribution in [0, 0.1) is 0 Å². The third-order valence-corrected chi connectivity index (χ3v) is 2.83. The largest absolute Gasteiger partial charge is 0.464 e. The predicted molar refractivity (Wildman–Crippen MR) is 71.2 cm³/mol. The monoisotopic (exact) mass is 260 g/mol. The molecule has 0 spiro atoms. The first-order valence-corrected chi connectivity index (χ1v) is 6.04. The highest BCUT2D eigenvalue weighted by Gasteiger charge is 2.20. The maximum absolute atomic E-state index is 11.8. The van der Waals surface area contributed by atoms with Gasteiger partial charge in [-0.3, -0.25) is 0 Å². The standard InChI is InChI=1S/C13H16N4O2/c1-3-19-13(18)9(2)17-8-15-7-11(17)10-5-4-6-16-12(10)14/h4-9H,3H2,1-2H3,(H2,14,16). The molecule has 0 aromatic carbocycles. The zero-order valence-electron chi connectivity index (χ0n) is 10.9. The fraction of sp³-hybridized carbons (Fsp3) is 0.308. The number of imidazole rings is 1. The van der Waals surface area contributed by atoms with Gasteiger partial charge in [-0.15, -0.1) is 0 Å². The van der Waals surface area contributed by atoms with Crippen LogP contribution < -0.4 is 5.73 Å². The summed E-state index contributed by atoms with van der Waals surface area (Å²) in [5.41, 5.74) is 7.34. The summed E-state index contributed by atoms with van der Waals surface area (Å²) in [4.78, 5) is 19.9. The first-order chi connectivity index (χ1) is 9.15. The van der Waals surface area contributed by atoms with Crippen molar-refractivity contribution in [1.82, 2.24) is 14.5 Å². The molecule has 2 heterocycles. The molecule has 0 amide bonds. The van der Waals surface area contributed by atoms with Crippen molar-refractivity contribution in [2.75, 3.05) is 12.3 Å². The van der Waals surface area contributed by atoms with Gasteiger partial charge in [0.1, 0.15) is 11.9 Å². The number of carbonyl (C=O) groups excluding carboxylic acids is 1. The van der Waals surface area contributed by atoms with Crippen LogP contribution in [0.15, 0.2) is 30.9 Å². The lowest BCUT2D eigenvalue weighted by atomic mass is 10.2. The van der Waals surface area contributed by atoms with Crippen molar-refractivity contribution in [2.24, 2.45) is 0 Å². The summed E-state index contributed by atoms with van der Waals surface area (Å²) in [7, 11) is 0. The molecule has 0 fully saturated rings. The summed E-state index contributed by atoms with van der Waals surface area (Å²) in [5, 5.41) is 0. The van der Waals surface area contributed by atoms with E-state index >= 15 is 0 Å². The second-order valence-corrected chi connectivity index (χ2v) is 4.05. The van der Waals surface area contributed by atoms with Gasteiger partial charge in [0.15, 0.2) is 0 Å². The highest BCUT2D eigenvalue weighted by Crippen LogP contribution is 2.26. The van der Waals surface area contributed by atoms with Gasteiger partial charge in [-0.1, -0.05) is 0 Å². The lowest BCUT2D eigenvalue weighted by Crippen LogP contribution is -2.19. The van der Waals surface area contributed by atoms with E-state index in [0.717, 1.165) is 11.3 Å². The Morgan fingerprint density at radius 3 is 3.05 bits per heavy atom. The van der Waals surface area contributed by atoms with Gasteiger partial charge < -0.3 is 15.0 Å². The fourth-order valence-electron chi connectivity index (χ4n) is 1.83. The Kier molecular flexibility index (Phi) is 3.79. The van der Waals surface area contributed by atoms with E-state index in [1.807, 2.05) is 6.07 Å². The summed E-state index contributed by atoms with van der Waals surface area (Å²) < 4.78 is 6.74. The van der Waals surface area contributed by atoms with E-state index in [0.29, 0.717) is 12.4 Å². The van der Waals surface area contributed by atoms with Gasteiger partial charge in [0.2, 0.25) is 0 Å². The fourth-order valence-corrected chi connectivity index (χ4v) is 1.83. The predicted octanol–water partition coefficient (Wildman–Crippen LogP) is 1.65. The molecular formula is C13H16N4O2. The second kappa shape index (κ2) is 5.51. The molecule has 6 nitrogen and oxygen atoms in total. The minimum atomic E-state index is -0.461. The number of nitrogens with two attached hydrogens (primary N) is 1. The minimum absolute atomic E-state index is 0.302. The first-order valence-electron chi connectivity index (χ1n) is 6.04. The lowest BCUT2D eigenvalue weighted by Gasteiger charge is -2.15. The molecule has 0 saturated carbocycles. The Morgan fingerprint density at radius 2 is 2.37 bits per heavy atom. The van der Waals surface area contributed by atoms with Gasteiger partial charge >= 0.3 is 5.97 Å². The molecule has 2 N–H and O–H groups in total. The number of carbonyl (C=O) groups is 1. The molecule has 0 aliphatic carbocycles. The Labute approximate surface area is 111 Å². The Bertz CT molecular complexity index is 580. The maximum Gasteiger partial charge on any atom is 0.328 e. The number of hydrogen-bond donors (Lipinski definition) is 1. The van der Waals surface area contributed by atoms with E-state index in [1.165, 1.54) is 0 Å². The normalized spacial score (nSPS) is 12.1. The van der Waals surface area contributed by atoms with Crippen LogP contribution in [0.1, 0.15) is 19.9 Å². The molecule has 0 aliphatic rings. The molecule has 100 valence electrons. The molecule has 1 atom stereocenters. The molecule has 0 saturated heterocycles. The average molecular weight is 260 g/mol. The summed E-state index contributed by atoms with van der Waals surface area (Å²) in [6.45, 7) is 3.89. The molecule has 2 rings (SSSR count). The van der Waals surface area contributed by atoms with Crippen LogP contribution in [0.5, 0.6) is 0 Å². The van der Waals surface area contributed by atoms with Crippen molar-refractivity contribution in [2.45, 2.75) is 19.9 Å². The van der Waals surface area contributed by atoms with Crippen LogP contribution in [0.2, 0.25) is 0 Å². The molecule has 0 bridgehead atoms. The highest BCUT2D eigenvalue weighted by molar-refractivity contribution is 5.77. The van der Waals surface area contributed by atoms with E-state index in [1.54, 1.807) is 43.2 Å². The van der Waals surface area contributed by atoms with Crippen molar-refractivity contribution in [3.8, 4) is 11.3 Å². The van der Waals surface area contributed by atoms with Crippen molar-refractivity contribution in [3.63, 3.8) is 0 Å². The quantitative estimate of drug-likeness (QED) is 0.845. The van der Waals surface area contributed by atoms with Crippen LogP contribution in [-0.2, 0) is 9.53 Å². The number of nitrogen functional groups attached to an aromatic ring is 1. The van der Waals surface area contributed by atoms with Crippen molar-refractivity contribution in [1.29, 1.82) is 0 Å². The van der Waals surface area contributed by atoms with Crippen molar-refractivity contribution < 1.29 is 9.53 Å². The third kappa shape index (κ3) is 2.57. The van der Waals surface area contributed by atoms with E-state index in [4.69, 9.17) is 10.5 Å². The molecule has 19 heavy (non-hydrogen) atoms. The van der Waals surface area contributed by atoms with Gasteiger partial charge in [0.05, 0.1) is 24.8 Å². The molecular weight excluding hydrogens is 244 g/mol. The number of rotatable bonds is 4. The molecule has 1 unspecified atom stereocenters. The zero-order valence-corrected chi connectivity index (χ0v) is 10.9. The van der Waals surface area contributed by atoms with Gasteiger partial charge in [-0.05, 0) is 26.0 Å². The van der Waals surface area contributed by atoms with Crippen LogP contribution in [0.3, 0.4) is 0 Å².